The van der Waals surface area contributed by atoms with Crippen molar-refractivity contribution in [1.29, 1.82) is 0 Å². The average Bonchev–Trinajstić information content (AvgIpc) is 3.40. The fraction of sp³-hybridized carbons (Fsp3) is 0.651. The second kappa shape index (κ2) is 49.9. The summed E-state index contributed by atoms with van der Waals surface area (Å²) in [6.45, 7) is 5.53. The number of hydrogen-bond acceptors (Lipinski definition) is 10. The van der Waals surface area contributed by atoms with Gasteiger partial charge in [0.05, 0.1) is 25.4 Å². The summed E-state index contributed by atoms with van der Waals surface area (Å²) >= 11 is 0. The van der Waals surface area contributed by atoms with Crippen LogP contribution in [0.5, 0.6) is 0 Å². The van der Waals surface area contributed by atoms with Crippen LogP contribution < -0.4 is 5.32 Å². The van der Waals surface area contributed by atoms with Crippen LogP contribution in [-0.2, 0) is 23.8 Å². The van der Waals surface area contributed by atoms with Crippen LogP contribution in [0, 0.1) is 0 Å². The number of allylic oxidation sites excluding steroid dienone is 19. The predicted molar refractivity (Wildman–Crippen MR) is 305 cm³/mol. The normalized spacial score (nSPS) is 20.2. The van der Waals surface area contributed by atoms with Gasteiger partial charge in [0, 0.05) is 6.42 Å². The molecule has 6 N–H and O–H groups in total. The number of aliphatic hydroxyl groups excluding tert-OH is 5. The number of aliphatic hydroxyl groups is 5. The number of ether oxygens (including phenoxy) is 3. The molecule has 11 nitrogen and oxygen atoms in total. The molecule has 0 aromatic carbocycles. The molecule has 0 aromatic rings. The molecule has 8 unspecified atom stereocenters. The maximum absolute atomic E-state index is 13.4. The lowest BCUT2D eigenvalue weighted by Gasteiger charge is -2.41. The molecule has 11 heteroatoms. The molecule has 420 valence electrons. The van der Waals surface area contributed by atoms with Crippen molar-refractivity contribution < 1.29 is 49.3 Å². The molecule has 1 heterocycles. The van der Waals surface area contributed by atoms with Gasteiger partial charge in [0.1, 0.15) is 24.4 Å². The Labute approximate surface area is 449 Å². The van der Waals surface area contributed by atoms with E-state index < -0.39 is 67.4 Å². The van der Waals surface area contributed by atoms with Gasteiger partial charge in [0.15, 0.2) is 12.4 Å². The first-order valence-electron chi connectivity index (χ1n) is 28.9. The number of amides is 1. The van der Waals surface area contributed by atoms with Crippen molar-refractivity contribution >= 4 is 11.9 Å². The topological polar surface area (TPSA) is 175 Å². The molecule has 1 rings (SSSR count). The molecule has 1 fully saturated rings. The number of carbonyl (C=O) groups is 2. The Morgan fingerprint density at radius 1 is 0.554 bits per heavy atom. The molecule has 1 aliphatic rings. The minimum atomic E-state index is -1.65. The van der Waals surface area contributed by atoms with Crippen LogP contribution in [0.1, 0.15) is 201 Å². The van der Waals surface area contributed by atoms with E-state index in [-0.39, 0.29) is 19.4 Å². The van der Waals surface area contributed by atoms with Gasteiger partial charge in [-0.1, -0.05) is 232 Å². The van der Waals surface area contributed by atoms with E-state index in [0.29, 0.717) is 19.3 Å². The number of unbranched alkanes of at least 4 members (excludes halogenated alkanes) is 18. The highest BCUT2D eigenvalue weighted by atomic mass is 16.7. The summed E-state index contributed by atoms with van der Waals surface area (Å²) in [5.74, 6) is -1.30. The first-order valence-corrected chi connectivity index (χ1v) is 28.9. The Hall–Kier alpha value is -3.94. The molecule has 0 aliphatic carbocycles. The standard InChI is InChI=1S/C63H103NO10/c1-4-7-10-13-16-19-22-25-26-27-28-29-30-31-33-35-38-41-44-47-50-56(67)62(71)64-54(55(66)49-46-43-40-37-34-24-21-18-15-12-9-6-3)53-72-63-61(60(70)59(69)57(52-65)73-63)74-58(68)51-48-45-42-39-36-32-23-20-17-14-11-8-5-2/h8,11,14,16-17,19-20,23,25-26,28-29,31-33,36,39,42,46,49,54-57,59-61,63,65-67,69-70H,4-7,9-10,12-13,15,18,21-22,24,27,30,34-35,37-38,40-41,43-45,47-48,50-53H2,1-3H3,(H,64,71)/b11-8+,17-14+,19-16-,23-20-,26-25-,29-28-,33-31-,36-32-,42-39+,49-46+. The van der Waals surface area contributed by atoms with Crippen LogP contribution in [0.2, 0.25) is 0 Å². The highest BCUT2D eigenvalue weighted by Gasteiger charge is 2.47. The third-order valence-electron chi connectivity index (χ3n) is 12.7. The third-order valence-corrected chi connectivity index (χ3v) is 12.7. The summed E-state index contributed by atoms with van der Waals surface area (Å²) in [6.07, 6.45) is 58.2. The summed E-state index contributed by atoms with van der Waals surface area (Å²) in [6, 6.07) is -1.06. The van der Waals surface area contributed by atoms with Crippen LogP contribution in [0.15, 0.2) is 122 Å². The monoisotopic (exact) mass is 1030 g/mol. The quantitative estimate of drug-likeness (QED) is 0.0149. The van der Waals surface area contributed by atoms with Gasteiger partial charge in [-0.2, -0.15) is 0 Å². The Balaban J connectivity index is 2.78. The molecule has 0 saturated carbocycles. The van der Waals surface area contributed by atoms with Crippen molar-refractivity contribution in [3.05, 3.63) is 122 Å². The highest BCUT2D eigenvalue weighted by Crippen LogP contribution is 2.26. The van der Waals surface area contributed by atoms with Crippen LogP contribution in [0.3, 0.4) is 0 Å². The summed E-state index contributed by atoms with van der Waals surface area (Å²) in [7, 11) is 0. The predicted octanol–water partition coefficient (Wildman–Crippen LogP) is 13.1. The van der Waals surface area contributed by atoms with Crippen LogP contribution in [-0.4, -0.2) is 99.6 Å². The Kier molecular flexibility index (Phi) is 45.9. The van der Waals surface area contributed by atoms with Crippen LogP contribution in [0.4, 0.5) is 0 Å². The molecule has 1 saturated heterocycles. The molecule has 8 atom stereocenters. The summed E-state index contributed by atoms with van der Waals surface area (Å²) < 4.78 is 17.5. The van der Waals surface area contributed by atoms with Crippen LogP contribution in [0.25, 0.3) is 0 Å². The Morgan fingerprint density at radius 2 is 1.03 bits per heavy atom. The zero-order valence-electron chi connectivity index (χ0n) is 46.2. The van der Waals surface area contributed by atoms with Crippen LogP contribution >= 0.6 is 0 Å². The maximum Gasteiger partial charge on any atom is 0.306 e. The van der Waals surface area contributed by atoms with Crippen molar-refractivity contribution in [1.82, 2.24) is 5.32 Å². The maximum atomic E-state index is 13.4. The molecular formula is C63H103NO10. The molecule has 0 aromatic heterocycles. The van der Waals surface area contributed by atoms with E-state index in [9.17, 15) is 35.1 Å². The van der Waals surface area contributed by atoms with Crippen molar-refractivity contribution in [2.75, 3.05) is 13.2 Å². The van der Waals surface area contributed by atoms with E-state index in [2.05, 4.69) is 80.8 Å². The van der Waals surface area contributed by atoms with Crippen molar-refractivity contribution in [2.24, 2.45) is 0 Å². The van der Waals surface area contributed by atoms with E-state index in [1.165, 1.54) is 70.6 Å². The molecule has 1 aliphatic heterocycles. The fourth-order valence-electron chi connectivity index (χ4n) is 8.13. The lowest BCUT2D eigenvalue weighted by molar-refractivity contribution is -0.305. The van der Waals surface area contributed by atoms with Gasteiger partial charge in [-0.05, 0) is 83.5 Å². The number of nitrogens with one attached hydrogen (secondary N) is 1. The summed E-state index contributed by atoms with van der Waals surface area (Å²) in [5, 5.41) is 56.8. The van der Waals surface area contributed by atoms with Gasteiger partial charge in [-0.3, -0.25) is 9.59 Å². The Bertz CT molecular complexity index is 1660. The summed E-state index contributed by atoms with van der Waals surface area (Å²) in [5.41, 5.74) is 0. The zero-order valence-corrected chi connectivity index (χ0v) is 46.2. The molecule has 0 bridgehead atoms. The van der Waals surface area contributed by atoms with E-state index in [1.807, 2.05) is 60.8 Å². The van der Waals surface area contributed by atoms with Crippen molar-refractivity contribution in [2.45, 2.75) is 250 Å². The van der Waals surface area contributed by atoms with E-state index in [1.54, 1.807) is 6.08 Å². The van der Waals surface area contributed by atoms with Crippen molar-refractivity contribution in [3.63, 3.8) is 0 Å². The zero-order chi connectivity index (χ0) is 54.0. The number of carbonyl (C=O) groups excluding carboxylic acids is 2. The minimum absolute atomic E-state index is 0.0179. The van der Waals surface area contributed by atoms with Gasteiger partial charge in [0.25, 0.3) is 0 Å². The second-order valence-electron chi connectivity index (χ2n) is 19.4. The van der Waals surface area contributed by atoms with Gasteiger partial charge in [0.2, 0.25) is 5.91 Å². The highest BCUT2D eigenvalue weighted by molar-refractivity contribution is 5.80. The van der Waals surface area contributed by atoms with Gasteiger partial charge < -0.3 is 45.1 Å². The average molecular weight is 1030 g/mol. The van der Waals surface area contributed by atoms with E-state index in [0.717, 1.165) is 77.0 Å². The van der Waals surface area contributed by atoms with Gasteiger partial charge in [-0.25, -0.2) is 0 Å². The van der Waals surface area contributed by atoms with E-state index in [4.69, 9.17) is 14.2 Å². The molecular weight excluding hydrogens is 931 g/mol. The SMILES string of the molecule is CC/C=C/C=C/C=C\C=C/C=C/CCCC(=O)OC1C(OCC(NC(=O)C(O)CCCCCC/C=C\C/C=C\C/C=C\C/C=C\CCCCC)C(O)/C=C/CCCCCCCCCCCC)OC(CO)C(O)C1O. The minimum Gasteiger partial charge on any atom is -0.454 e. The van der Waals surface area contributed by atoms with Crippen molar-refractivity contribution in [3.8, 4) is 0 Å². The fourth-order valence-corrected chi connectivity index (χ4v) is 8.13. The molecule has 74 heavy (non-hydrogen) atoms. The number of hydrogen-bond donors (Lipinski definition) is 6. The third kappa shape index (κ3) is 37.7. The molecule has 0 radical (unpaired) electrons. The lowest BCUT2D eigenvalue weighted by atomic mass is 9.99. The van der Waals surface area contributed by atoms with Gasteiger partial charge >= 0.3 is 5.97 Å². The lowest BCUT2D eigenvalue weighted by Crippen LogP contribution is -2.61. The first kappa shape index (κ1) is 68.1. The Morgan fingerprint density at radius 3 is 1.59 bits per heavy atom. The molecule has 0 spiro atoms. The largest absolute Gasteiger partial charge is 0.454 e. The molecule has 1 amide bonds. The number of rotatable bonds is 46. The second-order valence-corrected chi connectivity index (χ2v) is 19.4. The summed E-state index contributed by atoms with van der Waals surface area (Å²) in [4.78, 5) is 26.4. The number of esters is 1. The van der Waals surface area contributed by atoms with Gasteiger partial charge in [-0.15, -0.1) is 0 Å². The smallest absolute Gasteiger partial charge is 0.306 e. The first-order chi connectivity index (χ1) is 36.2. The van der Waals surface area contributed by atoms with E-state index >= 15 is 0 Å².